The van der Waals surface area contributed by atoms with Crippen LogP contribution >= 0.6 is 0 Å². The molecule has 3 amide bonds. The first kappa shape index (κ1) is 18.6. The van der Waals surface area contributed by atoms with Crippen LogP contribution in [-0.2, 0) is 16.2 Å². The maximum absolute atomic E-state index is 12.2. The Kier molecular flexibility index (Phi) is 5.80. The fourth-order valence-electron chi connectivity index (χ4n) is 2.52. The maximum atomic E-state index is 12.2. The van der Waals surface area contributed by atoms with Crippen LogP contribution in [0.15, 0.2) is 54.6 Å². The van der Waals surface area contributed by atoms with Gasteiger partial charge in [-0.25, -0.2) is 4.79 Å². The van der Waals surface area contributed by atoms with Gasteiger partial charge < -0.3 is 15.2 Å². The number of rotatable bonds is 7. The summed E-state index contributed by atoms with van der Waals surface area (Å²) in [5.74, 6) is -1.22. The first-order valence-corrected chi connectivity index (χ1v) is 8.30. The number of nitrogens with one attached hydrogen (secondary N) is 1. The number of alkyl carbamates (subject to hydrolysis) is 1. The molecule has 2 aromatic carbocycles. The second kappa shape index (κ2) is 8.43. The zero-order valence-corrected chi connectivity index (χ0v) is 14.3. The van der Waals surface area contributed by atoms with Gasteiger partial charge in [0.1, 0.15) is 12.7 Å². The van der Waals surface area contributed by atoms with Gasteiger partial charge in [-0.3, -0.25) is 14.4 Å². The van der Waals surface area contributed by atoms with Gasteiger partial charge in [0.05, 0.1) is 24.3 Å². The summed E-state index contributed by atoms with van der Waals surface area (Å²) in [6.45, 7) is -0.556. The normalized spacial score (nSPS) is 14.0. The number of hydroxylamine groups is 2. The molecule has 0 radical (unpaired) electrons. The van der Waals surface area contributed by atoms with Crippen LogP contribution in [0.1, 0.15) is 26.3 Å². The number of carbonyl (C=O) groups is 3. The van der Waals surface area contributed by atoms with Gasteiger partial charge in [-0.05, 0) is 17.7 Å². The number of carbonyl (C=O) groups excluding carboxylic acids is 3. The van der Waals surface area contributed by atoms with Crippen molar-refractivity contribution in [3.8, 4) is 0 Å². The topological polar surface area (TPSA) is 105 Å². The van der Waals surface area contributed by atoms with E-state index >= 15 is 0 Å². The number of amides is 3. The van der Waals surface area contributed by atoms with Gasteiger partial charge in [0.15, 0.2) is 0 Å². The van der Waals surface area contributed by atoms with Crippen molar-refractivity contribution in [2.75, 3.05) is 13.2 Å². The number of nitrogens with zero attached hydrogens (tertiary/aromatic N) is 1. The standard InChI is InChI=1S/C19H18N2O6/c22-11-14(10-20-19(25)26-12-13-6-2-1-3-7-13)27-21-17(23)15-8-4-5-9-16(15)18(21)24/h1-9,14,22H,10-12H2,(H,20,25). The predicted octanol–water partition coefficient (Wildman–Crippen LogP) is 1.50. The molecule has 0 spiro atoms. The van der Waals surface area contributed by atoms with Gasteiger partial charge >= 0.3 is 6.09 Å². The summed E-state index contributed by atoms with van der Waals surface area (Å²) in [6, 6.07) is 15.5. The number of imide groups is 1. The molecule has 140 valence electrons. The van der Waals surface area contributed by atoms with E-state index in [4.69, 9.17) is 9.57 Å². The molecule has 1 atom stereocenters. The Labute approximate surface area is 155 Å². The summed E-state index contributed by atoms with van der Waals surface area (Å²) in [5, 5.41) is 12.5. The van der Waals surface area contributed by atoms with Crippen molar-refractivity contribution in [1.82, 2.24) is 10.4 Å². The van der Waals surface area contributed by atoms with E-state index in [2.05, 4.69) is 5.32 Å². The second-order valence-electron chi connectivity index (χ2n) is 5.80. The first-order valence-electron chi connectivity index (χ1n) is 8.30. The lowest BCUT2D eigenvalue weighted by atomic mass is 10.1. The molecule has 0 saturated carbocycles. The Morgan fingerprint density at radius 2 is 1.59 bits per heavy atom. The second-order valence-corrected chi connectivity index (χ2v) is 5.80. The van der Waals surface area contributed by atoms with E-state index in [1.165, 1.54) is 12.1 Å². The highest BCUT2D eigenvalue weighted by Crippen LogP contribution is 2.23. The van der Waals surface area contributed by atoms with Crippen LogP contribution in [0.5, 0.6) is 0 Å². The average molecular weight is 370 g/mol. The SMILES string of the molecule is O=C(NCC(CO)ON1C(=O)c2ccccc2C1=O)OCc1ccccc1. The molecule has 8 nitrogen and oxygen atoms in total. The number of fused-ring (bicyclic) bond motifs is 1. The third kappa shape index (κ3) is 4.30. The molecular formula is C19H18N2O6. The third-order valence-electron chi connectivity index (χ3n) is 3.90. The maximum Gasteiger partial charge on any atom is 0.407 e. The summed E-state index contributed by atoms with van der Waals surface area (Å²) < 4.78 is 5.05. The van der Waals surface area contributed by atoms with Crippen molar-refractivity contribution in [3.63, 3.8) is 0 Å². The monoisotopic (exact) mass is 370 g/mol. The molecule has 3 rings (SSSR count). The number of ether oxygens (including phenoxy) is 1. The largest absolute Gasteiger partial charge is 0.445 e. The molecule has 1 aliphatic rings. The quantitative estimate of drug-likeness (QED) is 0.716. The van der Waals surface area contributed by atoms with Crippen LogP contribution in [0.25, 0.3) is 0 Å². The Morgan fingerprint density at radius 3 is 2.19 bits per heavy atom. The minimum absolute atomic E-state index is 0.0930. The first-order chi connectivity index (χ1) is 13.1. The van der Waals surface area contributed by atoms with Crippen LogP contribution in [0.2, 0.25) is 0 Å². The summed E-state index contributed by atoms with van der Waals surface area (Å²) in [4.78, 5) is 41.5. The van der Waals surface area contributed by atoms with E-state index in [0.29, 0.717) is 5.06 Å². The van der Waals surface area contributed by atoms with Crippen LogP contribution in [-0.4, -0.2) is 47.3 Å². The van der Waals surface area contributed by atoms with Crippen molar-refractivity contribution < 1.29 is 29.1 Å². The molecule has 0 bridgehead atoms. The molecule has 0 saturated heterocycles. The minimum atomic E-state index is -0.989. The zero-order chi connectivity index (χ0) is 19.2. The molecule has 27 heavy (non-hydrogen) atoms. The highest BCUT2D eigenvalue weighted by atomic mass is 16.7. The molecule has 2 N–H and O–H groups in total. The van der Waals surface area contributed by atoms with Crippen molar-refractivity contribution in [3.05, 3.63) is 71.3 Å². The number of aliphatic hydroxyl groups excluding tert-OH is 1. The molecule has 2 aromatic rings. The lowest BCUT2D eigenvalue weighted by Crippen LogP contribution is -2.42. The predicted molar refractivity (Wildman–Crippen MR) is 93.5 cm³/mol. The van der Waals surface area contributed by atoms with Gasteiger partial charge in [-0.2, -0.15) is 0 Å². The van der Waals surface area contributed by atoms with Crippen LogP contribution in [0, 0.1) is 0 Å². The van der Waals surface area contributed by atoms with Crippen molar-refractivity contribution in [2.45, 2.75) is 12.7 Å². The molecule has 0 fully saturated rings. The molecular weight excluding hydrogens is 352 g/mol. The van der Waals surface area contributed by atoms with Gasteiger partial charge in [0.2, 0.25) is 0 Å². The Morgan fingerprint density at radius 1 is 1.00 bits per heavy atom. The van der Waals surface area contributed by atoms with E-state index in [1.54, 1.807) is 12.1 Å². The van der Waals surface area contributed by atoms with E-state index in [9.17, 15) is 19.5 Å². The van der Waals surface area contributed by atoms with Crippen molar-refractivity contribution in [2.24, 2.45) is 0 Å². The average Bonchev–Trinajstić information content (AvgIpc) is 2.95. The fourth-order valence-corrected chi connectivity index (χ4v) is 2.52. The number of benzene rings is 2. The van der Waals surface area contributed by atoms with Crippen molar-refractivity contribution in [1.29, 1.82) is 0 Å². The number of hydrogen-bond acceptors (Lipinski definition) is 6. The minimum Gasteiger partial charge on any atom is -0.445 e. The van der Waals surface area contributed by atoms with Crippen molar-refractivity contribution >= 4 is 17.9 Å². The molecule has 0 aromatic heterocycles. The fraction of sp³-hybridized carbons (Fsp3) is 0.211. The van der Waals surface area contributed by atoms with Gasteiger partial charge in [0.25, 0.3) is 11.8 Å². The van der Waals surface area contributed by atoms with Gasteiger partial charge in [-0.1, -0.05) is 42.5 Å². The van der Waals surface area contributed by atoms with E-state index < -0.39 is 30.6 Å². The van der Waals surface area contributed by atoms with Crippen LogP contribution < -0.4 is 5.32 Å². The Balaban J connectivity index is 1.50. The molecule has 1 heterocycles. The van der Waals surface area contributed by atoms with Crippen LogP contribution in [0.3, 0.4) is 0 Å². The van der Waals surface area contributed by atoms with Gasteiger partial charge in [0, 0.05) is 0 Å². The molecule has 8 heteroatoms. The lowest BCUT2D eigenvalue weighted by molar-refractivity contribution is -0.142. The lowest BCUT2D eigenvalue weighted by Gasteiger charge is -2.21. The summed E-state index contributed by atoms with van der Waals surface area (Å²) in [6.07, 6.45) is -1.69. The Bertz CT molecular complexity index is 804. The molecule has 1 unspecified atom stereocenters. The Hall–Kier alpha value is -3.23. The van der Waals surface area contributed by atoms with Gasteiger partial charge in [-0.15, -0.1) is 5.06 Å². The summed E-state index contributed by atoms with van der Waals surface area (Å²) in [5.41, 5.74) is 1.29. The number of aliphatic hydroxyl groups is 1. The van der Waals surface area contributed by atoms with E-state index in [1.807, 2.05) is 30.3 Å². The highest BCUT2D eigenvalue weighted by Gasteiger charge is 2.38. The smallest absolute Gasteiger partial charge is 0.407 e. The number of hydrogen-bond donors (Lipinski definition) is 2. The summed E-state index contributed by atoms with van der Waals surface area (Å²) >= 11 is 0. The summed E-state index contributed by atoms with van der Waals surface area (Å²) in [7, 11) is 0. The van der Waals surface area contributed by atoms with E-state index in [0.717, 1.165) is 5.56 Å². The molecule has 1 aliphatic heterocycles. The van der Waals surface area contributed by atoms with E-state index in [-0.39, 0.29) is 24.3 Å². The zero-order valence-electron chi connectivity index (χ0n) is 14.3. The van der Waals surface area contributed by atoms with Crippen LogP contribution in [0.4, 0.5) is 4.79 Å². The molecule has 0 aliphatic carbocycles. The highest BCUT2D eigenvalue weighted by molar-refractivity contribution is 6.20. The third-order valence-corrected chi connectivity index (χ3v) is 3.90.